The van der Waals surface area contributed by atoms with Gasteiger partial charge >= 0.3 is 19.3 Å². The van der Waals surface area contributed by atoms with Crippen LogP contribution in [0.2, 0.25) is 6.32 Å². The molecule has 0 bridgehead atoms. The third kappa shape index (κ3) is 4.86. The molecule has 2 aliphatic heterocycles. The van der Waals surface area contributed by atoms with Crippen LogP contribution in [-0.2, 0) is 14.1 Å². The molecule has 0 aromatic carbocycles. The second-order valence-corrected chi connectivity index (χ2v) is 6.25. The van der Waals surface area contributed by atoms with Gasteiger partial charge < -0.3 is 19.7 Å². The highest BCUT2D eigenvalue weighted by Crippen LogP contribution is 2.38. The van der Waals surface area contributed by atoms with E-state index in [0.29, 0.717) is 0 Å². The third-order valence-corrected chi connectivity index (χ3v) is 3.94. The van der Waals surface area contributed by atoms with E-state index in [4.69, 9.17) is 19.2 Å². The summed E-state index contributed by atoms with van der Waals surface area (Å²) in [6, 6.07) is 0. The van der Waals surface area contributed by atoms with Crippen LogP contribution < -0.4 is 5.32 Å². The zero-order valence-electron chi connectivity index (χ0n) is 12.6. The smallest absolute Gasteiger partial charge is 0.475 e. The third-order valence-electron chi connectivity index (χ3n) is 3.94. The number of hydrogen-bond acceptors (Lipinski definition) is 4. The summed E-state index contributed by atoms with van der Waals surface area (Å²) in [5, 5.41) is 10.4. The van der Waals surface area contributed by atoms with Crippen LogP contribution >= 0.6 is 0 Å². The maximum Gasteiger partial charge on any atom is 0.490 e. The van der Waals surface area contributed by atoms with Crippen LogP contribution in [0.3, 0.4) is 0 Å². The standard InChI is InChI=1S/C10H20BNO2.C2HF3O2/c1-9(2)10(3,4)14-11(13-9)5-8-6-12-7-8;3-2(4,5)1(6)7/h8,12H,5-7H2,1-4H3;(H,6,7). The summed E-state index contributed by atoms with van der Waals surface area (Å²) in [5.41, 5.74) is -0.344. The van der Waals surface area contributed by atoms with Gasteiger partial charge in [0.2, 0.25) is 0 Å². The van der Waals surface area contributed by atoms with Crippen molar-refractivity contribution >= 4 is 13.1 Å². The zero-order valence-corrected chi connectivity index (χ0v) is 12.6. The van der Waals surface area contributed by atoms with Gasteiger partial charge in [0.05, 0.1) is 11.2 Å². The highest BCUT2D eigenvalue weighted by atomic mass is 19.4. The topological polar surface area (TPSA) is 67.8 Å². The van der Waals surface area contributed by atoms with Gasteiger partial charge in [0.1, 0.15) is 0 Å². The van der Waals surface area contributed by atoms with E-state index in [0.717, 1.165) is 25.3 Å². The first kappa shape index (κ1) is 18.3. The predicted octanol–water partition coefficient (Wildman–Crippen LogP) is 1.93. The van der Waals surface area contributed by atoms with Crippen molar-refractivity contribution in [1.82, 2.24) is 5.32 Å². The van der Waals surface area contributed by atoms with Gasteiger partial charge in [-0.1, -0.05) is 0 Å². The number of carboxylic acids is 1. The van der Waals surface area contributed by atoms with Crippen molar-refractivity contribution in [1.29, 1.82) is 0 Å². The summed E-state index contributed by atoms with van der Waals surface area (Å²) in [5.74, 6) is -2.02. The van der Waals surface area contributed by atoms with Crippen LogP contribution in [0.1, 0.15) is 27.7 Å². The monoisotopic (exact) mass is 311 g/mol. The van der Waals surface area contributed by atoms with E-state index < -0.39 is 12.1 Å². The Morgan fingerprint density at radius 3 is 1.86 bits per heavy atom. The Hall–Kier alpha value is -0.795. The maximum atomic E-state index is 10.6. The summed E-state index contributed by atoms with van der Waals surface area (Å²) in [7, 11) is -0.00731. The molecule has 0 aromatic heterocycles. The number of carboxylic acid groups (broad SMARTS) is 1. The molecular weight excluding hydrogens is 290 g/mol. The van der Waals surface area contributed by atoms with Gasteiger partial charge in [-0.15, -0.1) is 0 Å². The largest absolute Gasteiger partial charge is 0.490 e. The van der Waals surface area contributed by atoms with Crippen molar-refractivity contribution in [3.63, 3.8) is 0 Å². The number of rotatable bonds is 2. The molecule has 2 fully saturated rings. The Bertz CT molecular complexity index is 367. The summed E-state index contributed by atoms with van der Waals surface area (Å²) in [4.78, 5) is 8.90. The molecule has 0 saturated carbocycles. The van der Waals surface area contributed by atoms with E-state index in [9.17, 15) is 13.2 Å². The second-order valence-electron chi connectivity index (χ2n) is 6.25. The second kappa shape index (κ2) is 6.14. The van der Waals surface area contributed by atoms with Crippen LogP contribution in [-0.4, -0.2) is 48.7 Å². The molecule has 0 aliphatic carbocycles. The summed E-state index contributed by atoms with van der Waals surface area (Å²) in [6.07, 6.45) is -4.06. The molecule has 0 aromatic rings. The van der Waals surface area contributed by atoms with Crippen molar-refractivity contribution < 1.29 is 32.4 Å². The first-order chi connectivity index (χ1) is 9.35. The minimum absolute atomic E-state index is 0.00731. The highest BCUT2D eigenvalue weighted by molar-refractivity contribution is 6.45. The van der Waals surface area contributed by atoms with Crippen LogP contribution in [0.4, 0.5) is 13.2 Å². The quantitative estimate of drug-likeness (QED) is 0.763. The normalized spacial score (nSPS) is 24.0. The molecule has 0 amide bonds. The van der Waals surface area contributed by atoms with E-state index in [1.54, 1.807) is 0 Å². The van der Waals surface area contributed by atoms with Crippen molar-refractivity contribution in [2.75, 3.05) is 13.1 Å². The zero-order chi connectivity index (χ0) is 16.5. The minimum atomic E-state index is -5.08. The molecular formula is C12H21BF3NO4. The Morgan fingerprint density at radius 2 is 1.62 bits per heavy atom. The van der Waals surface area contributed by atoms with Gasteiger partial charge in [-0.3, -0.25) is 0 Å². The number of hydrogen-bond donors (Lipinski definition) is 2. The van der Waals surface area contributed by atoms with Gasteiger partial charge in [-0.25, -0.2) is 4.79 Å². The molecule has 0 unspecified atom stereocenters. The Kier molecular flexibility index (Phi) is 5.33. The average molecular weight is 311 g/mol. The van der Waals surface area contributed by atoms with E-state index in [1.807, 2.05) is 0 Å². The number of halogens is 3. The average Bonchev–Trinajstić information content (AvgIpc) is 2.41. The van der Waals surface area contributed by atoms with Gasteiger partial charge in [0, 0.05) is 0 Å². The number of carbonyl (C=O) groups is 1. The molecule has 21 heavy (non-hydrogen) atoms. The van der Waals surface area contributed by atoms with Crippen LogP contribution in [0.25, 0.3) is 0 Å². The lowest BCUT2D eigenvalue weighted by molar-refractivity contribution is -0.192. The SMILES string of the molecule is CC1(C)OB(CC2CNC2)OC1(C)C.O=C(O)C(F)(F)F. The van der Waals surface area contributed by atoms with Crippen molar-refractivity contribution in [3.05, 3.63) is 0 Å². The van der Waals surface area contributed by atoms with E-state index in [1.165, 1.54) is 0 Å². The van der Waals surface area contributed by atoms with Crippen molar-refractivity contribution in [2.45, 2.75) is 51.4 Å². The molecule has 9 heteroatoms. The molecule has 2 heterocycles. The highest BCUT2D eigenvalue weighted by Gasteiger charge is 2.51. The lowest BCUT2D eigenvalue weighted by atomic mass is 9.75. The fourth-order valence-corrected chi connectivity index (χ4v) is 1.85. The van der Waals surface area contributed by atoms with Crippen LogP contribution in [0.5, 0.6) is 0 Å². The molecule has 0 atom stereocenters. The first-order valence-electron chi connectivity index (χ1n) is 6.71. The van der Waals surface area contributed by atoms with E-state index in [2.05, 4.69) is 33.0 Å². The molecule has 2 aliphatic rings. The van der Waals surface area contributed by atoms with Crippen LogP contribution in [0.15, 0.2) is 0 Å². The fourth-order valence-electron chi connectivity index (χ4n) is 1.85. The fraction of sp³-hybridized carbons (Fsp3) is 0.917. The Labute approximate surface area is 122 Å². The van der Waals surface area contributed by atoms with Gasteiger partial charge in [-0.05, 0) is 53.0 Å². The molecule has 2 saturated heterocycles. The molecule has 2 rings (SSSR count). The molecule has 0 spiro atoms. The maximum absolute atomic E-state index is 10.6. The van der Waals surface area contributed by atoms with Crippen molar-refractivity contribution in [2.24, 2.45) is 5.92 Å². The summed E-state index contributed by atoms with van der Waals surface area (Å²) in [6.45, 7) is 10.6. The van der Waals surface area contributed by atoms with Gasteiger partial charge in [-0.2, -0.15) is 13.2 Å². The molecule has 122 valence electrons. The van der Waals surface area contributed by atoms with E-state index in [-0.39, 0.29) is 18.3 Å². The first-order valence-corrected chi connectivity index (χ1v) is 6.71. The Balaban J connectivity index is 0.000000270. The minimum Gasteiger partial charge on any atom is -0.475 e. The van der Waals surface area contributed by atoms with E-state index >= 15 is 0 Å². The number of nitrogens with one attached hydrogen (secondary N) is 1. The van der Waals surface area contributed by atoms with Gasteiger partial charge in [0.15, 0.2) is 0 Å². The van der Waals surface area contributed by atoms with Crippen molar-refractivity contribution in [3.8, 4) is 0 Å². The molecule has 2 N–H and O–H groups in total. The molecule has 5 nitrogen and oxygen atoms in total. The molecule has 0 radical (unpaired) electrons. The summed E-state index contributed by atoms with van der Waals surface area (Å²) >= 11 is 0. The number of aliphatic carboxylic acids is 1. The summed E-state index contributed by atoms with van der Waals surface area (Å²) < 4.78 is 43.6. The number of alkyl halides is 3. The predicted molar refractivity (Wildman–Crippen MR) is 70.9 cm³/mol. The lowest BCUT2D eigenvalue weighted by Crippen LogP contribution is -2.44. The lowest BCUT2D eigenvalue weighted by Gasteiger charge is -2.32. The van der Waals surface area contributed by atoms with Crippen LogP contribution in [0, 0.1) is 5.92 Å². The van der Waals surface area contributed by atoms with Gasteiger partial charge in [0.25, 0.3) is 0 Å². The Morgan fingerprint density at radius 1 is 1.24 bits per heavy atom.